The van der Waals surface area contributed by atoms with Crippen LogP contribution in [0.25, 0.3) is 0 Å². The highest BCUT2D eigenvalue weighted by Gasteiger charge is 2.30. The van der Waals surface area contributed by atoms with Gasteiger partial charge >= 0.3 is 5.69 Å². The summed E-state index contributed by atoms with van der Waals surface area (Å²) < 4.78 is 27.5. The molecular weight excluding hydrogens is 441 g/mol. The number of carbonyl (C=O) groups is 1. The highest BCUT2D eigenvalue weighted by atomic mass is 35.5. The fourth-order valence-corrected chi connectivity index (χ4v) is 4.60. The summed E-state index contributed by atoms with van der Waals surface area (Å²) >= 11 is 12.0. The molecule has 2 heterocycles. The van der Waals surface area contributed by atoms with Gasteiger partial charge in [0.15, 0.2) is 0 Å². The van der Waals surface area contributed by atoms with E-state index in [1.165, 1.54) is 8.87 Å². The summed E-state index contributed by atoms with van der Waals surface area (Å²) in [5, 5.41) is 7.42. The van der Waals surface area contributed by atoms with Crippen molar-refractivity contribution >= 4 is 44.8 Å². The zero-order chi connectivity index (χ0) is 21.3. The number of anilines is 1. The summed E-state index contributed by atoms with van der Waals surface area (Å²) in [4.78, 5) is 24.9. The van der Waals surface area contributed by atoms with E-state index in [1.54, 1.807) is 25.2 Å². The number of benzene rings is 1. The summed E-state index contributed by atoms with van der Waals surface area (Å²) in [5.41, 5.74) is -0.117. The minimum atomic E-state index is -3.32. The van der Waals surface area contributed by atoms with E-state index in [1.807, 2.05) is 0 Å². The normalized spacial score (nSPS) is 18.0. The van der Waals surface area contributed by atoms with Crippen molar-refractivity contribution in [2.24, 2.45) is 7.05 Å². The lowest BCUT2D eigenvalue weighted by molar-refractivity contribution is -0.117. The Labute approximate surface area is 178 Å². The number of amides is 1. The maximum absolute atomic E-state index is 12.5. The molecule has 1 amide bonds. The van der Waals surface area contributed by atoms with Gasteiger partial charge in [0.1, 0.15) is 12.4 Å². The van der Waals surface area contributed by atoms with Gasteiger partial charge < -0.3 is 5.32 Å². The fourth-order valence-electron chi connectivity index (χ4n) is 3.34. The third-order valence-corrected chi connectivity index (χ3v) is 6.90. The molecule has 1 fully saturated rings. The second-order valence-electron chi connectivity index (χ2n) is 6.97. The van der Waals surface area contributed by atoms with Crippen molar-refractivity contribution in [1.29, 1.82) is 0 Å². The van der Waals surface area contributed by atoms with E-state index >= 15 is 0 Å². The SMILES string of the molecule is Cn1c(C2CCCN(S(C)(=O)=O)C2)nn(CC(=O)Nc2cccc(Cl)c2Cl)c1=O. The third kappa shape index (κ3) is 4.82. The quantitative estimate of drug-likeness (QED) is 0.728. The van der Waals surface area contributed by atoms with Crippen molar-refractivity contribution in [3.05, 3.63) is 44.6 Å². The van der Waals surface area contributed by atoms with E-state index in [4.69, 9.17) is 23.2 Å². The molecule has 0 bridgehead atoms. The summed E-state index contributed by atoms with van der Waals surface area (Å²) in [7, 11) is -1.76. The minimum Gasteiger partial charge on any atom is -0.323 e. The number of hydrogen-bond donors (Lipinski definition) is 1. The number of rotatable bonds is 5. The molecule has 12 heteroatoms. The van der Waals surface area contributed by atoms with Gasteiger partial charge in [0, 0.05) is 26.1 Å². The molecular formula is C17H21Cl2N5O4S. The highest BCUT2D eigenvalue weighted by molar-refractivity contribution is 7.88. The standard InChI is InChI=1S/C17H21Cl2N5O4S/c1-22-16(11-5-4-8-23(9-11)29(2,27)28)21-24(17(22)26)10-14(25)20-13-7-3-6-12(18)15(13)19/h3,6-7,11H,4-5,8-10H2,1-2H3,(H,20,25). The van der Waals surface area contributed by atoms with Crippen LogP contribution in [0.2, 0.25) is 10.0 Å². The first-order chi connectivity index (χ1) is 13.6. The Morgan fingerprint density at radius 3 is 2.76 bits per heavy atom. The first-order valence-corrected chi connectivity index (χ1v) is 11.5. The van der Waals surface area contributed by atoms with E-state index in [-0.39, 0.29) is 24.0 Å². The minimum absolute atomic E-state index is 0.208. The van der Waals surface area contributed by atoms with E-state index in [0.717, 1.165) is 10.9 Å². The first-order valence-electron chi connectivity index (χ1n) is 8.90. The van der Waals surface area contributed by atoms with Crippen LogP contribution in [0.15, 0.2) is 23.0 Å². The molecule has 158 valence electrons. The maximum Gasteiger partial charge on any atom is 0.346 e. The monoisotopic (exact) mass is 461 g/mol. The van der Waals surface area contributed by atoms with Crippen LogP contribution in [0.1, 0.15) is 24.6 Å². The molecule has 1 N–H and O–H groups in total. The lowest BCUT2D eigenvalue weighted by atomic mass is 9.99. The summed E-state index contributed by atoms with van der Waals surface area (Å²) in [6.07, 6.45) is 2.55. The van der Waals surface area contributed by atoms with Gasteiger partial charge in [-0.05, 0) is 25.0 Å². The summed E-state index contributed by atoms with van der Waals surface area (Å²) in [6.45, 7) is 0.401. The zero-order valence-electron chi connectivity index (χ0n) is 15.9. The van der Waals surface area contributed by atoms with E-state index in [2.05, 4.69) is 10.4 Å². The molecule has 1 aliphatic heterocycles. The van der Waals surface area contributed by atoms with Crippen molar-refractivity contribution in [2.45, 2.75) is 25.3 Å². The van der Waals surface area contributed by atoms with Crippen molar-refractivity contribution in [1.82, 2.24) is 18.7 Å². The van der Waals surface area contributed by atoms with Gasteiger partial charge in [-0.3, -0.25) is 9.36 Å². The Morgan fingerprint density at radius 2 is 2.07 bits per heavy atom. The van der Waals surface area contributed by atoms with Gasteiger partial charge in [0.25, 0.3) is 0 Å². The third-order valence-electron chi connectivity index (χ3n) is 4.81. The van der Waals surface area contributed by atoms with Gasteiger partial charge in [-0.15, -0.1) is 0 Å². The molecule has 3 rings (SSSR count). The number of carbonyl (C=O) groups excluding carboxylic acids is 1. The number of aromatic nitrogens is 3. The average molecular weight is 462 g/mol. The molecule has 2 aromatic rings. The van der Waals surface area contributed by atoms with E-state index in [9.17, 15) is 18.0 Å². The van der Waals surface area contributed by atoms with Gasteiger partial charge in [0.2, 0.25) is 15.9 Å². The summed E-state index contributed by atoms with van der Waals surface area (Å²) in [5.74, 6) is -0.248. The number of halogens is 2. The van der Waals surface area contributed by atoms with Crippen LogP contribution in [0.5, 0.6) is 0 Å². The smallest absolute Gasteiger partial charge is 0.323 e. The van der Waals surface area contributed by atoms with Gasteiger partial charge in [-0.2, -0.15) is 5.10 Å². The Bertz CT molecular complexity index is 1100. The van der Waals surface area contributed by atoms with Crippen LogP contribution in [0.4, 0.5) is 5.69 Å². The van der Waals surface area contributed by atoms with Crippen LogP contribution < -0.4 is 11.0 Å². The van der Waals surface area contributed by atoms with Crippen molar-refractivity contribution in [2.75, 3.05) is 24.7 Å². The number of nitrogens with one attached hydrogen (secondary N) is 1. The van der Waals surface area contributed by atoms with E-state index < -0.39 is 21.6 Å². The molecule has 1 atom stereocenters. The predicted octanol–water partition coefficient (Wildman–Crippen LogP) is 1.67. The number of hydrogen-bond acceptors (Lipinski definition) is 5. The average Bonchev–Trinajstić information content (AvgIpc) is 2.93. The fraction of sp³-hybridized carbons (Fsp3) is 0.471. The summed E-state index contributed by atoms with van der Waals surface area (Å²) in [6, 6.07) is 4.84. The van der Waals surface area contributed by atoms with Crippen LogP contribution in [0.3, 0.4) is 0 Å². The molecule has 9 nitrogen and oxygen atoms in total. The van der Waals surface area contributed by atoms with Crippen molar-refractivity contribution in [3.63, 3.8) is 0 Å². The van der Waals surface area contributed by atoms with Gasteiger partial charge in [0.05, 0.1) is 22.0 Å². The number of piperidine rings is 1. The largest absolute Gasteiger partial charge is 0.346 e. The molecule has 1 aliphatic rings. The second kappa shape index (κ2) is 8.47. The Morgan fingerprint density at radius 1 is 1.34 bits per heavy atom. The Hall–Kier alpha value is -1.88. The first kappa shape index (κ1) is 21.8. The molecule has 0 radical (unpaired) electrons. The van der Waals surface area contributed by atoms with Crippen LogP contribution in [-0.4, -0.2) is 52.3 Å². The molecule has 1 aromatic carbocycles. The number of nitrogens with zero attached hydrogens (tertiary/aromatic N) is 4. The van der Waals surface area contributed by atoms with Crippen molar-refractivity contribution in [3.8, 4) is 0 Å². The Kier molecular flexibility index (Phi) is 6.37. The lowest BCUT2D eigenvalue weighted by Gasteiger charge is -2.30. The lowest BCUT2D eigenvalue weighted by Crippen LogP contribution is -2.39. The molecule has 1 aromatic heterocycles. The van der Waals surface area contributed by atoms with Gasteiger partial charge in [-0.1, -0.05) is 29.3 Å². The molecule has 0 saturated carbocycles. The van der Waals surface area contributed by atoms with Crippen LogP contribution >= 0.6 is 23.2 Å². The number of sulfonamides is 1. The topological polar surface area (TPSA) is 106 Å². The zero-order valence-corrected chi connectivity index (χ0v) is 18.3. The maximum atomic E-state index is 12.5. The Balaban J connectivity index is 1.77. The van der Waals surface area contributed by atoms with Gasteiger partial charge in [-0.25, -0.2) is 22.2 Å². The van der Waals surface area contributed by atoms with Crippen LogP contribution in [0, 0.1) is 0 Å². The predicted molar refractivity (Wildman–Crippen MR) is 111 cm³/mol. The molecule has 1 saturated heterocycles. The second-order valence-corrected chi connectivity index (χ2v) is 9.73. The molecule has 0 spiro atoms. The van der Waals surface area contributed by atoms with E-state index in [0.29, 0.717) is 35.9 Å². The molecule has 1 unspecified atom stereocenters. The van der Waals surface area contributed by atoms with Crippen molar-refractivity contribution < 1.29 is 13.2 Å². The molecule has 0 aliphatic carbocycles. The van der Waals surface area contributed by atoms with Crippen LogP contribution in [-0.2, 0) is 28.4 Å². The highest BCUT2D eigenvalue weighted by Crippen LogP contribution is 2.29. The molecule has 29 heavy (non-hydrogen) atoms.